The Morgan fingerprint density at radius 2 is 1.73 bits per heavy atom. The van der Waals surface area contributed by atoms with Gasteiger partial charge in [-0.1, -0.05) is 6.07 Å². The molecule has 0 spiro atoms. The fraction of sp³-hybridized carbons (Fsp3) is 0.273. The Morgan fingerprint density at radius 1 is 0.958 bits per heavy atom. The summed E-state index contributed by atoms with van der Waals surface area (Å²) in [6, 6.07) is 9.19. The van der Waals surface area contributed by atoms with Crippen LogP contribution in [0.25, 0.3) is 17.2 Å². The van der Waals surface area contributed by atoms with Gasteiger partial charge in [0.25, 0.3) is 11.8 Å². The number of halogens is 5. The number of pyridine rings is 1. The van der Waals surface area contributed by atoms with E-state index < -0.39 is 40.8 Å². The van der Waals surface area contributed by atoms with Gasteiger partial charge in [-0.05, 0) is 74.7 Å². The lowest BCUT2D eigenvalue weighted by molar-refractivity contribution is -0.137. The quantitative estimate of drug-likeness (QED) is 0.203. The highest BCUT2D eigenvalue weighted by Crippen LogP contribution is 2.43. The molecule has 1 saturated carbocycles. The molecule has 4 heterocycles. The summed E-state index contributed by atoms with van der Waals surface area (Å²) in [5.41, 5.74) is 0.336. The summed E-state index contributed by atoms with van der Waals surface area (Å²) in [6.07, 6.45) is 0.0598. The number of imidazole rings is 1. The van der Waals surface area contributed by atoms with Gasteiger partial charge in [0, 0.05) is 18.5 Å². The Balaban J connectivity index is 1.23. The predicted molar refractivity (Wildman–Crippen MR) is 162 cm³/mol. The Kier molecular flexibility index (Phi) is 7.56. The molecule has 1 aliphatic carbocycles. The summed E-state index contributed by atoms with van der Waals surface area (Å²) in [4.78, 5) is 37.3. The van der Waals surface area contributed by atoms with Crippen LogP contribution in [0, 0.1) is 11.6 Å². The minimum atomic E-state index is -4.79. The second-order valence-electron chi connectivity index (χ2n) is 12.1. The van der Waals surface area contributed by atoms with Gasteiger partial charge >= 0.3 is 6.18 Å². The van der Waals surface area contributed by atoms with E-state index in [1.54, 1.807) is 29.1 Å². The molecule has 0 unspecified atom stereocenters. The SMILES string of the molecule is CC(C)n1cnnc1-c1cccc(NC(=O)c2cc3c(cc2F)CN(C(=O)c2ccc(C(F)(F)F)cc2F)Cc2c(C4CC4)ncn2-3)n1. The number of aromatic nitrogens is 6. The first-order valence-electron chi connectivity index (χ1n) is 15.1. The minimum Gasteiger partial charge on any atom is -0.328 e. The predicted octanol–water partition coefficient (Wildman–Crippen LogP) is 6.69. The maximum atomic E-state index is 15.7. The number of amides is 2. The normalized spacial score (nSPS) is 14.5. The third-order valence-corrected chi connectivity index (χ3v) is 8.40. The van der Waals surface area contributed by atoms with E-state index in [1.165, 1.54) is 17.3 Å². The average molecular weight is 663 g/mol. The first kappa shape index (κ1) is 31.1. The van der Waals surface area contributed by atoms with Gasteiger partial charge in [-0.25, -0.2) is 18.7 Å². The summed E-state index contributed by atoms with van der Waals surface area (Å²) >= 11 is 0. The number of nitrogens with zero attached hydrogens (tertiary/aromatic N) is 7. The minimum absolute atomic E-state index is 0.0531. The molecule has 1 fully saturated rings. The first-order valence-corrected chi connectivity index (χ1v) is 15.1. The van der Waals surface area contributed by atoms with Gasteiger partial charge in [0.05, 0.1) is 46.6 Å². The topological polar surface area (TPSA) is 111 Å². The maximum absolute atomic E-state index is 15.7. The van der Waals surface area contributed by atoms with Crippen molar-refractivity contribution in [3.05, 3.63) is 106 Å². The number of rotatable bonds is 6. The number of anilines is 1. The molecule has 2 aliphatic rings. The third kappa shape index (κ3) is 5.69. The lowest BCUT2D eigenvalue weighted by Crippen LogP contribution is -2.30. The van der Waals surface area contributed by atoms with Crippen LogP contribution in [-0.4, -0.2) is 46.0 Å². The Hall–Kier alpha value is -5.47. The summed E-state index contributed by atoms with van der Waals surface area (Å²) < 4.78 is 73.5. The van der Waals surface area contributed by atoms with E-state index in [1.807, 2.05) is 18.4 Å². The van der Waals surface area contributed by atoms with Crippen molar-refractivity contribution in [2.24, 2.45) is 0 Å². The van der Waals surface area contributed by atoms with E-state index in [4.69, 9.17) is 0 Å². The molecule has 7 rings (SSSR count). The van der Waals surface area contributed by atoms with E-state index in [9.17, 15) is 27.2 Å². The van der Waals surface area contributed by atoms with Crippen molar-refractivity contribution in [2.75, 3.05) is 5.32 Å². The largest absolute Gasteiger partial charge is 0.416 e. The molecule has 0 atom stereocenters. The number of fused-ring (bicyclic) bond motifs is 3. The highest BCUT2D eigenvalue weighted by molar-refractivity contribution is 6.04. The molecular weight excluding hydrogens is 635 g/mol. The van der Waals surface area contributed by atoms with Crippen LogP contribution < -0.4 is 5.32 Å². The van der Waals surface area contributed by atoms with Crippen molar-refractivity contribution in [3.63, 3.8) is 0 Å². The van der Waals surface area contributed by atoms with Crippen LogP contribution in [0.5, 0.6) is 0 Å². The molecule has 2 aromatic carbocycles. The van der Waals surface area contributed by atoms with Crippen LogP contribution in [0.3, 0.4) is 0 Å². The average Bonchev–Trinajstić information content (AvgIpc) is 3.64. The lowest BCUT2D eigenvalue weighted by atomic mass is 10.1. The van der Waals surface area contributed by atoms with Gasteiger partial charge in [-0.15, -0.1) is 10.2 Å². The summed E-state index contributed by atoms with van der Waals surface area (Å²) in [6.45, 7) is 3.64. The van der Waals surface area contributed by atoms with Crippen molar-refractivity contribution >= 4 is 17.6 Å². The van der Waals surface area contributed by atoms with Crippen molar-refractivity contribution in [1.82, 2.24) is 34.2 Å². The zero-order chi connectivity index (χ0) is 33.9. The van der Waals surface area contributed by atoms with E-state index >= 15 is 4.39 Å². The van der Waals surface area contributed by atoms with Crippen molar-refractivity contribution in [3.8, 4) is 17.2 Å². The van der Waals surface area contributed by atoms with Crippen molar-refractivity contribution < 1.29 is 31.5 Å². The van der Waals surface area contributed by atoms with Crippen molar-refractivity contribution in [1.29, 1.82) is 0 Å². The fourth-order valence-corrected chi connectivity index (χ4v) is 5.82. The molecule has 15 heteroatoms. The van der Waals surface area contributed by atoms with Gasteiger partial charge in [-0.3, -0.25) is 9.59 Å². The van der Waals surface area contributed by atoms with Gasteiger partial charge in [0.1, 0.15) is 29.5 Å². The summed E-state index contributed by atoms with van der Waals surface area (Å²) in [5.74, 6) is -3.09. The Labute approximate surface area is 270 Å². The van der Waals surface area contributed by atoms with Crippen LogP contribution in [-0.2, 0) is 19.3 Å². The molecule has 0 radical (unpaired) electrons. The van der Waals surface area contributed by atoms with Crippen LogP contribution >= 0.6 is 0 Å². The number of nitrogens with one attached hydrogen (secondary N) is 1. The van der Waals surface area contributed by atoms with Crippen LogP contribution in [0.1, 0.15) is 81.9 Å². The third-order valence-electron chi connectivity index (χ3n) is 8.40. The molecule has 0 saturated heterocycles. The van der Waals surface area contributed by atoms with E-state index in [2.05, 4.69) is 25.5 Å². The highest BCUT2D eigenvalue weighted by atomic mass is 19.4. The fourth-order valence-electron chi connectivity index (χ4n) is 5.82. The smallest absolute Gasteiger partial charge is 0.328 e. The number of carbonyl (C=O) groups excluding carboxylic acids is 2. The molecule has 1 aliphatic heterocycles. The first-order chi connectivity index (χ1) is 22.9. The molecule has 5 aromatic rings. The highest BCUT2D eigenvalue weighted by Gasteiger charge is 2.36. The van der Waals surface area contributed by atoms with E-state index in [0.29, 0.717) is 34.7 Å². The standard InChI is InChI=1S/C33H27F5N8O2/c1-17(2)45-16-40-43-30(45)25-4-3-5-28(41-25)42-31(47)22-12-26-19(10-23(22)34)13-44(14-27-29(18-6-7-18)39-15-46(26)27)32(48)21-9-8-20(11-24(21)35)33(36,37)38/h3-5,8-12,15-18H,6-7,13-14H2,1-2H3,(H,41,42,47). The van der Waals surface area contributed by atoms with E-state index in [-0.39, 0.29) is 48.1 Å². The lowest BCUT2D eigenvalue weighted by Gasteiger charge is -2.22. The molecule has 246 valence electrons. The Bertz CT molecular complexity index is 2080. The Morgan fingerprint density at radius 3 is 2.44 bits per heavy atom. The van der Waals surface area contributed by atoms with Crippen LogP contribution in [0.15, 0.2) is 61.2 Å². The van der Waals surface area contributed by atoms with Gasteiger partial charge in [0.15, 0.2) is 5.82 Å². The molecule has 3 aromatic heterocycles. The molecule has 0 bridgehead atoms. The number of carbonyl (C=O) groups is 2. The second-order valence-corrected chi connectivity index (χ2v) is 12.1. The van der Waals surface area contributed by atoms with Gasteiger partial charge < -0.3 is 19.4 Å². The number of benzene rings is 2. The molecule has 48 heavy (non-hydrogen) atoms. The number of alkyl halides is 3. The van der Waals surface area contributed by atoms with Gasteiger partial charge in [0.2, 0.25) is 0 Å². The molecule has 1 N–H and O–H groups in total. The maximum Gasteiger partial charge on any atom is 0.416 e. The van der Waals surface area contributed by atoms with Crippen LogP contribution in [0.2, 0.25) is 0 Å². The summed E-state index contributed by atoms with van der Waals surface area (Å²) in [5, 5.41) is 10.7. The molecular formula is C33H27F5N8O2. The van der Waals surface area contributed by atoms with Crippen LogP contribution in [0.4, 0.5) is 27.8 Å². The molecule has 2 amide bonds. The number of hydrogen-bond acceptors (Lipinski definition) is 6. The van der Waals surface area contributed by atoms with Crippen molar-refractivity contribution in [2.45, 2.75) is 57.9 Å². The second kappa shape index (κ2) is 11.6. The summed E-state index contributed by atoms with van der Waals surface area (Å²) in [7, 11) is 0. The van der Waals surface area contributed by atoms with Gasteiger partial charge in [-0.2, -0.15) is 13.2 Å². The monoisotopic (exact) mass is 662 g/mol. The molecule has 10 nitrogen and oxygen atoms in total. The van der Waals surface area contributed by atoms with E-state index in [0.717, 1.165) is 25.0 Å². The zero-order valence-electron chi connectivity index (χ0n) is 25.6. The zero-order valence-corrected chi connectivity index (χ0v) is 25.6. The number of hydrogen-bond donors (Lipinski definition) is 1.